The number of nitrogens with zero attached hydrogens (tertiary/aromatic N) is 1. The van der Waals surface area contributed by atoms with Gasteiger partial charge in [0.15, 0.2) is 0 Å². The number of carboxylic acid groups (broad SMARTS) is 1. The lowest BCUT2D eigenvalue weighted by atomic mass is 9.77. The molecule has 5 nitrogen and oxygen atoms in total. The Morgan fingerprint density at radius 2 is 2.14 bits per heavy atom. The third-order valence-electron chi connectivity index (χ3n) is 4.96. The van der Waals surface area contributed by atoms with Crippen molar-refractivity contribution in [2.75, 3.05) is 6.54 Å². The minimum Gasteiger partial charge on any atom is -0.481 e. The Balaban J connectivity index is 1.61. The Labute approximate surface area is 128 Å². The van der Waals surface area contributed by atoms with Gasteiger partial charge in [0.2, 0.25) is 5.91 Å². The number of likely N-dealkylation sites (tertiary alicyclic amines) is 1. The van der Waals surface area contributed by atoms with Gasteiger partial charge in [-0.1, -0.05) is 42.0 Å². The molecule has 1 N–H and O–H groups in total. The van der Waals surface area contributed by atoms with Gasteiger partial charge < -0.3 is 14.7 Å². The first-order valence-corrected chi connectivity index (χ1v) is 7.44. The molecular weight excluding hydrogens is 282 g/mol. The van der Waals surface area contributed by atoms with E-state index in [9.17, 15) is 14.7 Å². The molecule has 3 heterocycles. The first-order valence-electron chi connectivity index (χ1n) is 7.44. The molecule has 0 aliphatic carbocycles. The largest absolute Gasteiger partial charge is 0.481 e. The highest BCUT2D eigenvalue weighted by molar-refractivity contribution is 5.90. The SMILES string of the molecule is Cc1ccc(CN2C[C@@]34C=C[C@@H](O3)C(C(=O)O)[C@H]4C2=O)cc1. The van der Waals surface area contributed by atoms with Gasteiger partial charge in [-0.3, -0.25) is 9.59 Å². The molecule has 4 atom stereocenters. The van der Waals surface area contributed by atoms with E-state index >= 15 is 0 Å². The predicted molar refractivity (Wildman–Crippen MR) is 78.0 cm³/mol. The molecule has 1 unspecified atom stereocenters. The van der Waals surface area contributed by atoms with Crippen LogP contribution in [0.3, 0.4) is 0 Å². The van der Waals surface area contributed by atoms with Gasteiger partial charge in [-0.15, -0.1) is 0 Å². The van der Waals surface area contributed by atoms with Crippen LogP contribution in [0.15, 0.2) is 36.4 Å². The normalized spacial score (nSPS) is 35.2. The minimum atomic E-state index is -0.952. The fourth-order valence-electron chi connectivity index (χ4n) is 3.91. The van der Waals surface area contributed by atoms with E-state index in [-0.39, 0.29) is 5.91 Å². The molecule has 3 aliphatic heterocycles. The summed E-state index contributed by atoms with van der Waals surface area (Å²) in [7, 11) is 0. The van der Waals surface area contributed by atoms with E-state index in [1.54, 1.807) is 11.0 Å². The zero-order valence-electron chi connectivity index (χ0n) is 12.2. The first-order chi connectivity index (χ1) is 10.5. The Hall–Kier alpha value is -2.14. The number of hydrogen-bond donors (Lipinski definition) is 1. The predicted octanol–water partition coefficient (Wildman–Crippen LogP) is 1.36. The van der Waals surface area contributed by atoms with Crippen LogP contribution in [-0.2, 0) is 20.9 Å². The number of aliphatic carboxylic acids is 1. The van der Waals surface area contributed by atoms with Crippen molar-refractivity contribution < 1.29 is 19.4 Å². The van der Waals surface area contributed by atoms with Gasteiger partial charge in [0.05, 0.1) is 18.6 Å². The van der Waals surface area contributed by atoms with Crippen LogP contribution in [0, 0.1) is 18.8 Å². The average molecular weight is 299 g/mol. The number of carboxylic acids is 1. The van der Waals surface area contributed by atoms with E-state index in [0.29, 0.717) is 13.1 Å². The molecule has 2 fully saturated rings. The van der Waals surface area contributed by atoms with Gasteiger partial charge in [0.25, 0.3) is 0 Å². The van der Waals surface area contributed by atoms with Crippen molar-refractivity contribution in [3.63, 3.8) is 0 Å². The molecule has 1 aromatic carbocycles. The van der Waals surface area contributed by atoms with Crippen LogP contribution in [0.25, 0.3) is 0 Å². The molecule has 2 bridgehead atoms. The van der Waals surface area contributed by atoms with Crippen LogP contribution in [0.2, 0.25) is 0 Å². The second kappa shape index (κ2) is 4.43. The quantitative estimate of drug-likeness (QED) is 0.856. The minimum absolute atomic E-state index is 0.111. The lowest BCUT2D eigenvalue weighted by Gasteiger charge is -2.21. The van der Waals surface area contributed by atoms with Gasteiger partial charge in [-0.25, -0.2) is 0 Å². The molecule has 3 aliphatic rings. The summed E-state index contributed by atoms with van der Waals surface area (Å²) in [4.78, 5) is 25.9. The number of aryl methyl sites for hydroxylation is 1. The summed E-state index contributed by atoms with van der Waals surface area (Å²) in [6, 6.07) is 8.02. The number of hydrogen-bond acceptors (Lipinski definition) is 3. The van der Waals surface area contributed by atoms with Crippen LogP contribution in [0.1, 0.15) is 11.1 Å². The number of carbonyl (C=O) groups excluding carboxylic acids is 1. The Morgan fingerprint density at radius 3 is 2.82 bits per heavy atom. The number of benzene rings is 1. The Bertz CT molecular complexity index is 680. The molecule has 4 rings (SSSR count). The van der Waals surface area contributed by atoms with Gasteiger partial charge in [-0.2, -0.15) is 0 Å². The second-order valence-corrected chi connectivity index (χ2v) is 6.42. The van der Waals surface area contributed by atoms with E-state index in [1.165, 1.54) is 5.56 Å². The van der Waals surface area contributed by atoms with E-state index in [0.717, 1.165) is 5.56 Å². The maximum atomic E-state index is 12.7. The van der Waals surface area contributed by atoms with E-state index in [4.69, 9.17) is 4.74 Å². The Morgan fingerprint density at radius 1 is 1.41 bits per heavy atom. The number of carbonyl (C=O) groups is 2. The fourth-order valence-corrected chi connectivity index (χ4v) is 3.91. The molecule has 5 heteroatoms. The van der Waals surface area contributed by atoms with Gasteiger partial charge in [0.1, 0.15) is 11.5 Å². The van der Waals surface area contributed by atoms with E-state index < -0.39 is 29.5 Å². The molecule has 1 amide bonds. The molecular formula is C17H17NO4. The summed E-state index contributed by atoms with van der Waals surface area (Å²) in [6.07, 6.45) is 3.21. The summed E-state index contributed by atoms with van der Waals surface area (Å²) in [5, 5.41) is 9.42. The van der Waals surface area contributed by atoms with Crippen LogP contribution in [0.4, 0.5) is 0 Å². The maximum absolute atomic E-state index is 12.7. The zero-order chi connectivity index (χ0) is 15.5. The molecule has 0 radical (unpaired) electrons. The number of amides is 1. The van der Waals surface area contributed by atoms with Crippen molar-refractivity contribution in [2.45, 2.75) is 25.2 Å². The van der Waals surface area contributed by atoms with Crippen molar-refractivity contribution in [3.8, 4) is 0 Å². The van der Waals surface area contributed by atoms with Crippen molar-refractivity contribution in [1.29, 1.82) is 0 Å². The highest BCUT2D eigenvalue weighted by atomic mass is 16.5. The molecule has 2 saturated heterocycles. The van der Waals surface area contributed by atoms with Gasteiger partial charge in [-0.05, 0) is 12.5 Å². The van der Waals surface area contributed by atoms with Gasteiger partial charge in [0, 0.05) is 6.54 Å². The third-order valence-corrected chi connectivity index (χ3v) is 4.96. The van der Waals surface area contributed by atoms with Crippen molar-refractivity contribution in [3.05, 3.63) is 47.5 Å². The number of fused-ring (bicyclic) bond motifs is 1. The Kier molecular flexibility index (Phi) is 2.72. The number of ether oxygens (including phenoxy) is 1. The second-order valence-electron chi connectivity index (χ2n) is 6.42. The van der Waals surface area contributed by atoms with Crippen LogP contribution < -0.4 is 0 Å². The highest BCUT2D eigenvalue weighted by Gasteiger charge is 2.66. The van der Waals surface area contributed by atoms with E-state index in [1.807, 2.05) is 37.3 Å². The molecule has 22 heavy (non-hydrogen) atoms. The summed E-state index contributed by atoms with van der Waals surface area (Å²) in [5.74, 6) is -2.42. The first kappa shape index (κ1) is 13.5. The van der Waals surface area contributed by atoms with Gasteiger partial charge >= 0.3 is 5.97 Å². The lowest BCUT2D eigenvalue weighted by Crippen LogP contribution is -2.39. The molecule has 114 valence electrons. The number of rotatable bonds is 3. The van der Waals surface area contributed by atoms with E-state index in [2.05, 4.69) is 0 Å². The molecule has 1 aromatic rings. The van der Waals surface area contributed by atoms with Crippen molar-refractivity contribution in [1.82, 2.24) is 4.90 Å². The summed E-state index contributed by atoms with van der Waals surface area (Å²) in [5.41, 5.74) is 1.47. The average Bonchev–Trinajstić information content (AvgIpc) is 3.10. The third kappa shape index (κ3) is 1.75. The molecule has 0 aromatic heterocycles. The lowest BCUT2D eigenvalue weighted by molar-refractivity contribution is -0.148. The summed E-state index contributed by atoms with van der Waals surface area (Å²) in [6.45, 7) is 2.94. The van der Waals surface area contributed by atoms with Crippen LogP contribution >= 0.6 is 0 Å². The summed E-state index contributed by atoms with van der Waals surface area (Å²) >= 11 is 0. The standard InChI is InChI=1S/C17H17NO4/c1-10-2-4-11(5-3-10)8-18-9-17-7-6-12(22-17)13(16(20)21)14(17)15(18)19/h2-7,12-14H,8-9H2,1H3,(H,20,21)/t12-,13?,14+,17-/m1/s1. The maximum Gasteiger partial charge on any atom is 0.310 e. The molecule has 1 spiro atoms. The molecule has 0 saturated carbocycles. The summed E-state index contributed by atoms with van der Waals surface area (Å²) < 4.78 is 5.86. The van der Waals surface area contributed by atoms with Crippen molar-refractivity contribution >= 4 is 11.9 Å². The van der Waals surface area contributed by atoms with Crippen LogP contribution in [0.5, 0.6) is 0 Å². The zero-order valence-corrected chi connectivity index (χ0v) is 12.2. The smallest absolute Gasteiger partial charge is 0.310 e. The fraction of sp³-hybridized carbons (Fsp3) is 0.412. The topological polar surface area (TPSA) is 66.8 Å². The van der Waals surface area contributed by atoms with Crippen LogP contribution in [-0.4, -0.2) is 40.1 Å². The monoisotopic (exact) mass is 299 g/mol. The van der Waals surface area contributed by atoms with Crippen molar-refractivity contribution in [2.24, 2.45) is 11.8 Å². The highest BCUT2D eigenvalue weighted by Crippen LogP contribution is 2.52.